The summed E-state index contributed by atoms with van der Waals surface area (Å²) in [6, 6.07) is 21.8. The summed E-state index contributed by atoms with van der Waals surface area (Å²) in [5, 5.41) is 7.32. The van der Waals surface area contributed by atoms with Crippen LogP contribution in [0.15, 0.2) is 54.6 Å². The van der Waals surface area contributed by atoms with Gasteiger partial charge in [0.25, 0.3) is 0 Å². The number of rotatable bonds is 10. The predicted molar refractivity (Wildman–Crippen MR) is 120 cm³/mol. The molecule has 1 aliphatic rings. The molecular weight excluding hydrogens is 359 g/mol. The van der Waals surface area contributed by atoms with E-state index in [9.17, 15) is 4.39 Å². The van der Waals surface area contributed by atoms with Gasteiger partial charge < -0.3 is 4.90 Å². The van der Waals surface area contributed by atoms with Gasteiger partial charge in [-0.05, 0) is 55.3 Å². The highest BCUT2D eigenvalue weighted by Gasteiger charge is 2.38. The molecule has 0 aromatic heterocycles. The van der Waals surface area contributed by atoms with Gasteiger partial charge in [-0.15, -0.1) is 0 Å². The first-order valence-electron chi connectivity index (χ1n) is 10.9. The number of benzene rings is 2. The molecule has 1 saturated carbocycles. The van der Waals surface area contributed by atoms with Crippen molar-refractivity contribution in [2.75, 3.05) is 13.1 Å². The topological polar surface area (TPSA) is 27.0 Å². The Kier molecular flexibility index (Phi) is 9.88. The van der Waals surface area contributed by atoms with E-state index in [1.165, 1.54) is 36.5 Å². The van der Waals surface area contributed by atoms with Crippen molar-refractivity contribution in [1.82, 2.24) is 4.90 Å². The zero-order chi connectivity index (χ0) is 21.1. The Morgan fingerprint density at radius 3 is 2.14 bits per heavy atom. The molecule has 0 radical (unpaired) electrons. The van der Waals surface area contributed by atoms with Crippen molar-refractivity contribution in [3.63, 3.8) is 0 Å². The minimum atomic E-state index is -0.604. The normalized spacial score (nSPS) is 18.5. The number of aryl methyl sites for hydroxylation is 1. The number of halogens is 1. The van der Waals surface area contributed by atoms with Gasteiger partial charge >= 0.3 is 0 Å². The molecule has 0 heterocycles. The highest BCUT2D eigenvalue weighted by molar-refractivity contribution is 5.30. The Labute approximate surface area is 176 Å². The number of hydrogen-bond donors (Lipinski definition) is 0. The Morgan fingerprint density at radius 1 is 1.03 bits per heavy atom. The van der Waals surface area contributed by atoms with Gasteiger partial charge in [-0.3, -0.25) is 0 Å². The van der Waals surface area contributed by atoms with Crippen LogP contribution in [0.25, 0.3) is 0 Å². The first kappa shape index (κ1) is 23.1. The van der Waals surface area contributed by atoms with Crippen LogP contribution < -0.4 is 0 Å². The number of nitrogens with zero attached hydrogens (tertiary/aromatic N) is 2. The standard InChI is InChI=1S/C24H32FN.C2H3N/c1-3-22(26(4-2)17-16-19-8-6-5-7-9-19)15-12-20-10-13-21(14-11-20)23-18-24(23)25;1-2-3/h5-11,13-14,22-24H,3-4,12,15-18H2,1-2H3;1H3. The van der Waals surface area contributed by atoms with E-state index in [2.05, 4.69) is 73.3 Å². The molecule has 0 saturated heterocycles. The van der Waals surface area contributed by atoms with Gasteiger partial charge in [-0.25, -0.2) is 4.39 Å². The molecule has 2 nitrogen and oxygen atoms in total. The number of hydrogen-bond acceptors (Lipinski definition) is 2. The second-order valence-electron chi connectivity index (χ2n) is 7.79. The van der Waals surface area contributed by atoms with Crippen LogP contribution in [0.4, 0.5) is 4.39 Å². The summed E-state index contributed by atoms with van der Waals surface area (Å²) in [6.07, 6.45) is 4.70. The summed E-state index contributed by atoms with van der Waals surface area (Å²) in [6.45, 7) is 8.22. The third-order valence-corrected chi connectivity index (χ3v) is 5.81. The third-order valence-electron chi connectivity index (χ3n) is 5.81. The predicted octanol–water partition coefficient (Wildman–Crippen LogP) is 6.32. The lowest BCUT2D eigenvalue weighted by molar-refractivity contribution is 0.193. The minimum absolute atomic E-state index is 0.168. The van der Waals surface area contributed by atoms with E-state index in [1.54, 1.807) is 6.07 Å². The maximum absolute atomic E-state index is 13.2. The fourth-order valence-electron chi connectivity index (χ4n) is 3.93. The smallest absolute Gasteiger partial charge is 0.108 e. The molecule has 156 valence electrons. The molecule has 1 fully saturated rings. The van der Waals surface area contributed by atoms with E-state index in [0.29, 0.717) is 12.5 Å². The molecule has 29 heavy (non-hydrogen) atoms. The van der Waals surface area contributed by atoms with E-state index in [4.69, 9.17) is 5.26 Å². The molecule has 0 bridgehead atoms. The van der Waals surface area contributed by atoms with Crippen LogP contribution in [0.2, 0.25) is 0 Å². The lowest BCUT2D eigenvalue weighted by Crippen LogP contribution is -2.36. The molecule has 0 spiro atoms. The zero-order valence-corrected chi connectivity index (χ0v) is 18.2. The number of likely N-dealkylation sites (N-methyl/N-ethyl adjacent to an activating group) is 1. The van der Waals surface area contributed by atoms with Crippen molar-refractivity contribution < 1.29 is 4.39 Å². The molecular formula is C26H35FN2. The number of alkyl halides is 1. The average Bonchev–Trinajstić information content (AvgIpc) is 3.48. The summed E-state index contributed by atoms with van der Waals surface area (Å²) in [7, 11) is 0. The van der Waals surface area contributed by atoms with Crippen molar-refractivity contribution in [2.24, 2.45) is 0 Å². The van der Waals surface area contributed by atoms with Crippen molar-refractivity contribution in [2.45, 2.75) is 71.0 Å². The highest BCUT2D eigenvalue weighted by atomic mass is 19.1. The largest absolute Gasteiger partial charge is 0.300 e. The molecule has 0 N–H and O–H groups in total. The molecule has 0 amide bonds. The average molecular weight is 395 g/mol. The van der Waals surface area contributed by atoms with E-state index in [0.717, 1.165) is 25.9 Å². The van der Waals surface area contributed by atoms with E-state index in [-0.39, 0.29) is 5.92 Å². The zero-order valence-electron chi connectivity index (χ0n) is 18.2. The summed E-state index contributed by atoms with van der Waals surface area (Å²) in [4.78, 5) is 2.62. The van der Waals surface area contributed by atoms with Crippen LogP contribution in [0.5, 0.6) is 0 Å². The van der Waals surface area contributed by atoms with Crippen molar-refractivity contribution in [3.05, 3.63) is 71.3 Å². The fourth-order valence-corrected chi connectivity index (χ4v) is 3.93. The molecule has 3 unspecified atom stereocenters. The molecule has 2 aromatic carbocycles. The lowest BCUT2D eigenvalue weighted by atomic mass is 10.00. The summed E-state index contributed by atoms with van der Waals surface area (Å²) >= 11 is 0. The van der Waals surface area contributed by atoms with Gasteiger partial charge in [0.15, 0.2) is 0 Å². The molecule has 3 atom stereocenters. The van der Waals surface area contributed by atoms with Gasteiger partial charge in [0.05, 0.1) is 6.07 Å². The SMILES string of the molecule is CC#N.CCC(CCc1ccc(C2CC2F)cc1)N(CC)CCc1ccccc1. The van der Waals surface area contributed by atoms with Crippen LogP contribution in [-0.2, 0) is 12.8 Å². The Bertz CT molecular complexity index is 736. The first-order chi connectivity index (χ1) is 14.1. The maximum Gasteiger partial charge on any atom is 0.108 e. The monoisotopic (exact) mass is 394 g/mol. The van der Waals surface area contributed by atoms with E-state index in [1.807, 2.05) is 0 Å². The molecule has 2 aromatic rings. The summed E-state index contributed by atoms with van der Waals surface area (Å²) in [5.74, 6) is 0.168. The molecule has 0 aliphatic heterocycles. The van der Waals surface area contributed by atoms with E-state index >= 15 is 0 Å². The van der Waals surface area contributed by atoms with Crippen LogP contribution in [-0.4, -0.2) is 30.2 Å². The number of nitriles is 1. The summed E-state index contributed by atoms with van der Waals surface area (Å²) < 4.78 is 13.2. The van der Waals surface area contributed by atoms with Crippen molar-refractivity contribution >= 4 is 0 Å². The van der Waals surface area contributed by atoms with Crippen molar-refractivity contribution in [3.8, 4) is 6.07 Å². The second kappa shape index (κ2) is 12.4. The van der Waals surface area contributed by atoms with Gasteiger partial charge in [-0.1, -0.05) is 68.4 Å². The minimum Gasteiger partial charge on any atom is -0.300 e. The van der Waals surface area contributed by atoms with E-state index < -0.39 is 6.17 Å². The Morgan fingerprint density at radius 2 is 1.62 bits per heavy atom. The molecule has 1 aliphatic carbocycles. The van der Waals surface area contributed by atoms with Crippen LogP contribution >= 0.6 is 0 Å². The highest BCUT2D eigenvalue weighted by Crippen LogP contribution is 2.43. The van der Waals surface area contributed by atoms with Gasteiger partial charge in [-0.2, -0.15) is 5.26 Å². The van der Waals surface area contributed by atoms with Gasteiger partial charge in [0, 0.05) is 25.4 Å². The second-order valence-corrected chi connectivity index (χ2v) is 7.79. The maximum atomic E-state index is 13.2. The molecule has 3 heteroatoms. The van der Waals surface area contributed by atoms with Gasteiger partial charge in [0.2, 0.25) is 0 Å². The van der Waals surface area contributed by atoms with Crippen molar-refractivity contribution in [1.29, 1.82) is 5.26 Å². The summed E-state index contributed by atoms with van der Waals surface area (Å²) in [5.41, 5.74) is 3.97. The van der Waals surface area contributed by atoms with Gasteiger partial charge in [0.1, 0.15) is 6.17 Å². The van der Waals surface area contributed by atoms with Crippen LogP contribution in [0.1, 0.15) is 62.6 Å². The molecule has 3 rings (SSSR count). The third kappa shape index (κ3) is 7.63. The Hall–Kier alpha value is -2.18. The lowest BCUT2D eigenvalue weighted by Gasteiger charge is -2.30. The quantitative estimate of drug-likeness (QED) is 0.471. The van der Waals surface area contributed by atoms with Crippen LogP contribution in [0.3, 0.4) is 0 Å². The Balaban J connectivity index is 0.000000941. The van der Waals surface area contributed by atoms with Crippen LogP contribution in [0, 0.1) is 11.3 Å². The first-order valence-corrected chi connectivity index (χ1v) is 10.9. The fraction of sp³-hybridized carbons (Fsp3) is 0.500.